The number of hydrogen-bond acceptors (Lipinski definition) is 1. The van der Waals surface area contributed by atoms with E-state index < -0.39 is 38.3 Å². The number of hydrogen-bond donors (Lipinski definition) is 0. The van der Waals surface area contributed by atoms with Gasteiger partial charge in [0.1, 0.15) is 0 Å². The van der Waals surface area contributed by atoms with Gasteiger partial charge in [0.25, 0.3) is 0 Å². The summed E-state index contributed by atoms with van der Waals surface area (Å²) in [6, 6.07) is 4.35. The van der Waals surface area contributed by atoms with E-state index >= 15 is 0 Å². The lowest BCUT2D eigenvalue weighted by Gasteiger charge is -2.37. The molecule has 0 bridgehead atoms. The Balaban J connectivity index is 1.51. The van der Waals surface area contributed by atoms with Crippen molar-refractivity contribution in [1.29, 1.82) is 0 Å². The molecule has 3 rings (SSSR count). The van der Waals surface area contributed by atoms with Gasteiger partial charge in [-0.1, -0.05) is 57.2 Å². The fourth-order valence-corrected chi connectivity index (χ4v) is 9.13. The summed E-state index contributed by atoms with van der Waals surface area (Å²) >= 11 is 0. The van der Waals surface area contributed by atoms with Crippen LogP contribution >= 0.6 is 0 Å². The lowest BCUT2D eigenvalue weighted by atomic mass is 9.72. The molecule has 7 heteroatoms. The third-order valence-electron chi connectivity index (χ3n) is 7.38. The maximum absolute atomic E-state index is 14.2. The predicted octanol–water partition coefficient (Wildman–Crippen LogP) is 8.48. The van der Waals surface area contributed by atoms with Crippen molar-refractivity contribution >= 4 is 8.80 Å². The van der Waals surface area contributed by atoms with Crippen LogP contribution in [-0.2, 0) is 0 Å². The van der Waals surface area contributed by atoms with Crippen molar-refractivity contribution < 1.29 is 26.7 Å². The molecule has 31 heavy (non-hydrogen) atoms. The zero-order valence-corrected chi connectivity index (χ0v) is 19.4. The number of ether oxygens (including phenoxy) is 1. The van der Waals surface area contributed by atoms with E-state index in [1.807, 2.05) is 0 Å². The molecule has 2 fully saturated rings. The molecule has 0 aromatic heterocycles. The second-order valence-corrected chi connectivity index (χ2v) is 12.8. The molecule has 0 unspecified atom stereocenters. The van der Waals surface area contributed by atoms with Crippen molar-refractivity contribution in [1.82, 2.24) is 0 Å². The highest BCUT2D eigenvalue weighted by Crippen LogP contribution is 2.44. The molecular formula is C24H33F5OSi. The van der Waals surface area contributed by atoms with Gasteiger partial charge in [-0.05, 0) is 61.1 Å². The van der Waals surface area contributed by atoms with Crippen LogP contribution in [0.4, 0.5) is 22.0 Å². The third-order valence-corrected chi connectivity index (χ3v) is 10.9. The average molecular weight is 461 g/mol. The lowest BCUT2D eigenvalue weighted by Crippen LogP contribution is -2.28. The summed E-state index contributed by atoms with van der Waals surface area (Å²) in [6.45, 7) is 2.25. The van der Waals surface area contributed by atoms with Gasteiger partial charge in [0.15, 0.2) is 11.6 Å². The second kappa shape index (κ2) is 11.5. The molecule has 2 aliphatic rings. The SMILES string of the molecule is CCCCC[SiH]1CCC(C2CCC(c3cc(F)c(OC(F)=C(F)F)c(F)c3)CC2)CC1. The van der Waals surface area contributed by atoms with Crippen LogP contribution in [-0.4, -0.2) is 8.80 Å². The van der Waals surface area contributed by atoms with Crippen LogP contribution in [0.3, 0.4) is 0 Å². The smallest absolute Gasteiger partial charge is 0.344 e. The van der Waals surface area contributed by atoms with E-state index in [2.05, 4.69) is 11.7 Å². The summed E-state index contributed by atoms with van der Waals surface area (Å²) in [5, 5.41) is 0. The zero-order valence-electron chi connectivity index (χ0n) is 18.2. The normalized spacial score (nSPS) is 26.5. The van der Waals surface area contributed by atoms with Gasteiger partial charge in [-0.3, -0.25) is 0 Å². The van der Waals surface area contributed by atoms with Gasteiger partial charge < -0.3 is 4.74 Å². The number of unbranched alkanes of at least 4 members (excludes halogenated alkanes) is 2. The Labute approximate surface area is 183 Å². The molecule has 1 aromatic carbocycles. The fraction of sp³-hybridized carbons (Fsp3) is 0.667. The molecule has 0 amide bonds. The topological polar surface area (TPSA) is 9.23 Å². The summed E-state index contributed by atoms with van der Waals surface area (Å²) in [5.41, 5.74) is 0.498. The first-order valence-electron chi connectivity index (χ1n) is 11.8. The molecule has 174 valence electrons. The van der Waals surface area contributed by atoms with E-state index in [0.29, 0.717) is 11.5 Å². The average Bonchev–Trinajstić information content (AvgIpc) is 2.76. The van der Waals surface area contributed by atoms with Crippen molar-refractivity contribution in [3.05, 3.63) is 41.4 Å². The standard InChI is InChI=1S/C24H33F5OSi/c1-2-3-4-11-31-12-9-18(10-13-31)16-5-7-17(8-6-16)19-14-20(25)22(21(26)15-19)30-24(29)23(27)28/h14-18,31H,2-13H2,1H3. The molecule has 0 radical (unpaired) electrons. The Kier molecular flexibility index (Phi) is 8.99. The van der Waals surface area contributed by atoms with Crippen molar-refractivity contribution in [2.24, 2.45) is 11.8 Å². The van der Waals surface area contributed by atoms with Crippen molar-refractivity contribution in [3.8, 4) is 5.75 Å². The Bertz CT molecular complexity index is 725. The molecule has 1 heterocycles. The molecular weight excluding hydrogens is 427 g/mol. The monoisotopic (exact) mass is 460 g/mol. The van der Waals surface area contributed by atoms with Gasteiger partial charge in [-0.2, -0.15) is 13.2 Å². The van der Waals surface area contributed by atoms with Gasteiger partial charge in [-0.25, -0.2) is 8.78 Å². The summed E-state index contributed by atoms with van der Waals surface area (Å²) in [5.74, 6) is -1.90. The molecule has 1 nitrogen and oxygen atoms in total. The molecule has 1 aliphatic heterocycles. The van der Waals surface area contributed by atoms with Crippen LogP contribution < -0.4 is 4.74 Å². The van der Waals surface area contributed by atoms with E-state index in [-0.39, 0.29) is 5.92 Å². The minimum Gasteiger partial charge on any atom is -0.422 e. The van der Waals surface area contributed by atoms with Gasteiger partial charge in [0.2, 0.25) is 5.75 Å². The van der Waals surface area contributed by atoms with Crippen molar-refractivity contribution in [2.45, 2.75) is 88.8 Å². The van der Waals surface area contributed by atoms with Crippen LogP contribution in [0.5, 0.6) is 5.75 Å². The second-order valence-electron chi connectivity index (χ2n) is 9.34. The zero-order chi connectivity index (χ0) is 22.4. The Morgan fingerprint density at radius 3 is 2.03 bits per heavy atom. The number of halogens is 5. The highest BCUT2D eigenvalue weighted by atomic mass is 28.3. The lowest BCUT2D eigenvalue weighted by molar-refractivity contribution is 0.214. The molecule has 0 N–H and O–H groups in total. The first kappa shape index (κ1) is 24.3. The Morgan fingerprint density at radius 2 is 1.48 bits per heavy atom. The molecule has 0 spiro atoms. The third kappa shape index (κ3) is 6.56. The largest absolute Gasteiger partial charge is 0.422 e. The maximum atomic E-state index is 14.2. The van der Waals surface area contributed by atoms with Crippen LogP contribution in [0.2, 0.25) is 18.1 Å². The van der Waals surface area contributed by atoms with Crippen molar-refractivity contribution in [2.75, 3.05) is 0 Å². The van der Waals surface area contributed by atoms with Crippen LogP contribution in [0.1, 0.15) is 76.2 Å². The highest BCUT2D eigenvalue weighted by Gasteiger charge is 2.32. The molecule has 1 saturated heterocycles. The molecule has 1 aromatic rings. The van der Waals surface area contributed by atoms with Gasteiger partial charge in [0.05, 0.1) is 0 Å². The van der Waals surface area contributed by atoms with Gasteiger partial charge in [-0.15, -0.1) is 0 Å². The van der Waals surface area contributed by atoms with E-state index in [1.165, 1.54) is 50.2 Å². The first-order valence-corrected chi connectivity index (χ1v) is 14.2. The summed E-state index contributed by atoms with van der Waals surface area (Å²) in [6.07, 6.45) is 7.88. The minimum absolute atomic E-state index is 0.0346. The van der Waals surface area contributed by atoms with Crippen LogP contribution in [0.25, 0.3) is 0 Å². The Hall–Kier alpha value is -1.37. The van der Waals surface area contributed by atoms with Crippen LogP contribution in [0, 0.1) is 23.5 Å². The molecule has 0 atom stereocenters. The van der Waals surface area contributed by atoms with Crippen molar-refractivity contribution in [3.63, 3.8) is 0 Å². The minimum atomic E-state index is -2.75. The van der Waals surface area contributed by atoms with E-state index in [4.69, 9.17) is 0 Å². The number of rotatable bonds is 8. The van der Waals surface area contributed by atoms with Gasteiger partial charge in [0, 0.05) is 8.80 Å². The highest BCUT2D eigenvalue weighted by molar-refractivity contribution is 6.58. The Morgan fingerprint density at radius 1 is 0.903 bits per heavy atom. The van der Waals surface area contributed by atoms with E-state index in [1.54, 1.807) is 0 Å². The molecule has 1 aliphatic carbocycles. The first-order chi connectivity index (χ1) is 14.9. The maximum Gasteiger partial charge on any atom is 0.344 e. The van der Waals surface area contributed by atoms with Crippen LogP contribution in [0.15, 0.2) is 24.2 Å². The van der Waals surface area contributed by atoms with Gasteiger partial charge >= 0.3 is 12.1 Å². The van der Waals surface area contributed by atoms with E-state index in [0.717, 1.165) is 43.7 Å². The summed E-state index contributed by atoms with van der Waals surface area (Å²) in [7, 11) is -0.518. The summed E-state index contributed by atoms with van der Waals surface area (Å²) in [4.78, 5) is 0. The predicted molar refractivity (Wildman–Crippen MR) is 116 cm³/mol. The quantitative estimate of drug-likeness (QED) is 0.164. The molecule has 1 saturated carbocycles. The summed E-state index contributed by atoms with van der Waals surface area (Å²) < 4.78 is 69.7. The fourth-order valence-electron chi connectivity index (χ4n) is 5.60. The number of benzene rings is 1. The van der Waals surface area contributed by atoms with E-state index in [9.17, 15) is 22.0 Å².